The Hall–Kier alpha value is -2.77. The molecule has 0 saturated heterocycles. The minimum atomic E-state index is -0.635. The molecular formula is C14H14FN5O2. The molecule has 1 aliphatic heterocycles. The lowest BCUT2D eigenvalue weighted by Crippen LogP contribution is -2.30. The van der Waals surface area contributed by atoms with E-state index in [1.807, 2.05) is 6.92 Å². The number of fused-ring (bicyclic) bond motifs is 1. The van der Waals surface area contributed by atoms with Gasteiger partial charge in [0, 0.05) is 5.70 Å². The molecule has 0 radical (unpaired) electrons. The van der Waals surface area contributed by atoms with Crippen molar-refractivity contribution in [1.29, 1.82) is 0 Å². The normalized spacial score (nSPS) is 17.0. The maximum absolute atomic E-state index is 13.6. The van der Waals surface area contributed by atoms with Gasteiger partial charge in [-0.05, 0) is 34.5 Å². The molecule has 2 aromatic rings. The zero-order chi connectivity index (χ0) is 15.7. The van der Waals surface area contributed by atoms with Crippen LogP contribution < -0.4 is 5.32 Å². The molecule has 7 nitrogen and oxygen atoms in total. The molecule has 1 aromatic carbocycles. The van der Waals surface area contributed by atoms with Crippen molar-refractivity contribution in [2.24, 2.45) is 0 Å². The number of benzene rings is 1. The van der Waals surface area contributed by atoms with Crippen LogP contribution in [-0.4, -0.2) is 33.3 Å². The van der Waals surface area contributed by atoms with Crippen molar-refractivity contribution in [3.05, 3.63) is 46.9 Å². The van der Waals surface area contributed by atoms with Crippen LogP contribution in [0.25, 0.3) is 0 Å². The first-order chi connectivity index (χ1) is 10.7. The van der Waals surface area contributed by atoms with Crippen LogP contribution >= 0.6 is 0 Å². The lowest BCUT2D eigenvalue weighted by atomic mass is 9.94. The van der Waals surface area contributed by atoms with E-state index in [9.17, 15) is 9.18 Å². The van der Waals surface area contributed by atoms with E-state index in [1.165, 1.54) is 23.9 Å². The molecule has 114 valence electrons. The molecule has 22 heavy (non-hydrogen) atoms. The number of tetrazole rings is 1. The molecule has 0 saturated carbocycles. The van der Waals surface area contributed by atoms with Crippen LogP contribution in [0.15, 0.2) is 35.5 Å². The zero-order valence-electron chi connectivity index (χ0n) is 12.1. The van der Waals surface area contributed by atoms with E-state index in [-0.39, 0.29) is 0 Å². The van der Waals surface area contributed by atoms with E-state index in [2.05, 4.69) is 20.8 Å². The number of hydrogen-bond acceptors (Lipinski definition) is 6. The summed E-state index contributed by atoms with van der Waals surface area (Å²) in [6.45, 7) is 1.90. The molecule has 0 bridgehead atoms. The Kier molecular flexibility index (Phi) is 3.58. The molecule has 2 heterocycles. The number of rotatable bonds is 3. The van der Waals surface area contributed by atoms with Crippen LogP contribution in [0.4, 0.5) is 10.3 Å². The van der Waals surface area contributed by atoms with Gasteiger partial charge in [-0.1, -0.05) is 24.2 Å². The average molecular weight is 303 g/mol. The number of aromatic nitrogens is 4. The smallest absolute Gasteiger partial charge is 0.338 e. The van der Waals surface area contributed by atoms with Gasteiger partial charge in [-0.3, -0.25) is 0 Å². The number of hydrogen-bond donors (Lipinski definition) is 1. The Bertz CT molecular complexity index is 755. The first kappa shape index (κ1) is 14.2. The van der Waals surface area contributed by atoms with Gasteiger partial charge in [-0.25, -0.2) is 9.18 Å². The molecule has 0 fully saturated rings. The van der Waals surface area contributed by atoms with Crippen LogP contribution in [-0.2, 0) is 9.53 Å². The van der Waals surface area contributed by atoms with Crippen molar-refractivity contribution in [3.63, 3.8) is 0 Å². The lowest BCUT2D eigenvalue weighted by molar-refractivity contribution is -0.136. The molecule has 1 aromatic heterocycles. The molecule has 1 N–H and O–H groups in total. The van der Waals surface area contributed by atoms with E-state index < -0.39 is 17.8 Å². The van der Waals surface area contributed by atoms with Crippen molar-refractivity contribution in [2.45, 2.75) is 19.4 Å². The summed E-state index contributed by atoms with van der Waals surface area (Å²) in [4.78, 5) is 12.2. The summed E-state index contributed by atoms with van der Waals surface area (Å²) in [5.41, 5.74) is 1.60. The predicted octanol–water partition coefficient (Wildman–Crippen LogP) is 1.66. The minimum absolute atomic E-state index is 0.371. The topological polar surface area (TPSA) is 81.9 Å². The number of allylic oxidation sites excluding steroid dienone is 1. The molecule has 1 unspecified atom stereocenters. The summed E-state index contributed by atoms with van der Waals surface area (Å²) in [6, 6.07) is 5.37. The largest absolute Gasteiger partial charge is 0.466 e. The second-order valence-electron chi connectivity index (χ2n) is 4.77. The predicted molar refractivity (Wildman–Crippen MR) is 75.3 cm³/mol. The third-order valence-corrected chi connectivity index (χ3v) is 3.52. The Labute approximate surface area is 125 Å². The molecule has 0 amide bonds. The minimum Gasteiger partial charge on any atom is -0.466 e. The summed E-state index contributed by atoms with van der Waals surface area (Å²) in [5, 5.41) is 14.4. The van der Waals surface area contributed by atoms with E-state index in [1.54, 1.807) is 12.1 Å². The molecule has 1 atom stereocenters. The maximum Gasteiger partial charge on any atom is 0.338 e. The van der Waals surface area contributed by atoms with Gasteiger partial charge in [0.15, 0.2) is 0 Å². The lowest BCUT2D eigenvalue weighted by Gasteiger charge is -2.28. The van der Waals surface area contributed by atoms with E-state index >= 15 is 0 Å². The standard InChI is InChI=1S/C14H14FN5O2/c1-3-10-11(13(21)22-2)12(8-5-4-6-9(15)7-8)20-14(16-10)17-18-19-20/h4-7,12H,3H2,1-2H3,(H,16,17,19). The van der Waals surface area contributed by atoms with Crippen molar-refractivity contribution in [1.82, 2.24) is 20.2 Å². The monoisotopic (exact) mass is 303 g/mol. The highest BCUT2D eigenvalue weighted by atomic mass is 19.1. The van der Waals surface area contributed by atoms with Crippen LogP contribution in [0.1, 0.15) is 24.9 Å². The third kappa shape index (κ3) is 2.22. The Morgan fingerprint density at radius 1 is 1.50 bits per heavy atom. The highest BCUT2D eigenvalue weighted by molar-refractivity contribution is 5.92. The number of carbonyl (C=O) groups is 1. The third-order valence-electron chi connectivity index (χ3n) is 3.52. The van der Waals surface area contributed by atoms with E-state index in [0.717, 1.165) is 0 Å². The fourth-order valence-electron chi connectivity index (χ4n) is 2.55. The van der Waals surface area contributed by atoms with Gasteiger partial charge in [0.2, 0.25) is 5.95 Å². The second kappa shape index (κ2) is 5.55. The molecular weight excluding hydrogens is 289 g/mol. The molecule has 1 aliphatic rings. The number of methoxy groups -OCH3 is 1. The number of esters is 1. The summed E-state index contributed by atoms with van der Waals surface area (Å²) in [7, 11) is 1.31. The van der Waals surface area contributed by atoms with Crippen molar-refractivity contribution < 1.29 is 13.9 Å². The van der Waals surface area contributed by atoms with Gasteiger partial charge >= 0.3 is 5.97 Å². The quantitative estimate of drug-likeness (QED) is 0.869. The Morgan fingerprint density at radius 3 is 3.00 bits per heavy atom. The summed E-state index contributed by atoms with van der Waals surface area (Å²) in [5.74, 6) is -0.494. The van der Waals surface area contributed by atoms with Gasteiger partial charge < -0.3 is 10.1 Å². The highest BCUT2D eigenvalue weighted by Gasteiger charge is 2.35. The summed E-state index contributed by atoms with van der Waals surface area (Å²) in [6.07, 6.45) is 0.559. The van der Waals surface area contributed by atoms with Crippen molar-refractivity contribution in [2.75, 3.05) is 12.4 Å². The van der Waals surface area contributed by atoms with Gasteiger partial charge in [0.1, 0.15) is 11.9 Å². The van der Waals surface area contributed by atoms with Crippen LogP contribution in [0.3, 0.4) is 0 Å². The Morgan fingerprint density at radius 2 is 2.32 bits per heavy atom. The van der Waals surface area contributed by atoms with E-state index in [4.69, 9.17) is 4.74 Å². The maximum atomic E-state index is 13.6. The van der Waals surface area contributed by atoms with Crippen LogP contribution in [0, 0.1) is 5.82 Å². The second-order valence-corrected chi connectivity index (χ2v) is 4.77. The molecule has 0 spiro atoms. The SMILES string of the molecule is CCC1=C(C(=O)OC)C(c2cccc(F)c2)n2nnnc2N1. The number of carbonyl (C=O) groups excluding carboxylic acids is 1. The van der Waals surface area contributed by atoms with Crippen LogP contribution in [0.2, 0.25) is 0 Å². The fourth-order valence-corrected chi connectivity index (χ4v) is 2.55. The first-order valence-electron chi connectivity index (χ1n) is 6.77. The number of nitrogens with zero attached hydrogens (tertiary/aromatic N) is 4. The summed E-state index contributed by atoms with van der Waals surface area (Å²) < 4.78 is 19.9. The molecule has 3 rings (SSSR count). The van der Waals surface area contributed by atoms with Crippen LogP contribution in [0.5, 0.6) is 0 Å². The number of anilines is 1. The first-order valence-corrected chi connectivity index (χ1v) is 6.77. The fraction of sp³-hybridized carbons (Fsp3) is 0.286. The average Bonchev–Trinajstić information content (AvgIpc) is 3.00. The van der Waals surface area contributed by atoms with Gasteiger partial charge in [0.25, 0.3) is 0 Å². The van der Waals surface area contributed by atoms with E-state index in [0.29, 0.717) is 29.2 Å². The highest BCUT2D eigenvalue weighted by Crippen LogP contribution is 2.35. The number of nitrogens with one attached hydrogen (secondary N) is 1. The van der Waals surface area contributed by atoms with Gasteiger partial charge in [0.05, 0.1) is 12.7 Å². The summed E-state index contributed by atoms with van der Waals surface area (Å²) >= 11 is 0. The van der Waals surface area contributed by atoms with Gasteiger partial charge in [-0.2, -0.15) is 4.68 Å². The molecule has 8 heteroatoms. The van der Waals surface area contributed by atoms with Crippen molar-refractivity contribution in [3.8, 4) is 0 Å². The van der Waals surface area contributed by atoms with Gasteiger partial charge in [-0.15, -0.1) is 0 Å². The molecule has 0 aliphatic carbocycles. The van der Waals surface area contributed by atoms with Crippen molar-refractivity contribution >= 4 is 11.9 Å². The number of halogens is 1. The Balaban J connectivity index is 2.22. The number of ether oxygens (including phenoxy) is 1. The zero-order valence-corrected chi connectivity index (χ0v) is 12.1.